The highest BCUT2D eigenvalue weighted by molar-refractivity contribution is 7.08. The summed E-state index contributed by atoms with van der Waals surface area (Å²) in [4.78, 5) is 0. The van der Waals surface area contributed by atoms with E-state index >= 15 is 0 Å². The average Bonchev–Trinajstić information content (AvgIpc) is 3.03. The Labute approximate surface area is 103 Å². The van der Waals surface area contributed by atoms with E-state index in [9.17, 15) is 0 Å². The lowest BCUT2D eigenvalue weighted by atomic mass is 9.98. The minimum absolute atomic E-state index is 1.31. The van der Waals surface area contributed by atoms with Crippen molar-refractivity contribution in [3.63, 3.8) is 0 Å². The van der Waals surface area contributed by atoms with Crippen LogP contribution in [0.5, 0.6) is 0 Å². The van der Waals surface area contributed by atoms with Crippen molar-refractivity contribution in [3.05, 3.63) is 57.9 Å². The van der Waals surface area contributed by atoms with Crippen LogP contribution in [0, 0.1) is 0 Å². The van der Waals surface area contributed by atoms with E-state index in [4.69, 9.17) is 0 Å². The minimum atomic E-state index is 1.31. The Bertz CT molecular complexity index is 509. The van der Waals surface area contributed by atoms with E-state index < -0.39 is 0 Å². The lowest BCUT2D eigenvalue weighted by molar-refractivity contribution is 1.65. The first kappa shape index (κ1) is 9.82. The van der Waals surface area contributed by atoms with Crippen LogP contribution >= 0.6 is 22.7 Å². The van der Waals surface area contributed by atoms with E-state index in [0.29, 0.717) is 0 Å². The molecule has 0 aliphatic heterocycles. The van der Waals surface area contributed by atoms with Gasteiger partial charge in [-0.15, -0.1) is 0 Å². The second-order valence-corrected chi connectivity index (χ2v) is 5.13. The van der Waals surface area contributed by atoms with Crippen molar-refractivity contribution >= 4 is 22.7 Å². The number of hydrogen-bond acceptors (Lipinski definition) is 2. The number of thiophene rings is 2. The van der Waals surface area contributed by atoms with Gasteiger partial charge in [-0.2, -0.15) is 22.7 Å². The molecule has 2 aromatic heterocycles. The molecule has 2 heterocycles. The van der Waals surface area contributed by atoms with E-state index in [1.54, 1.807) is 22.7 Å². The smallest absolute Gasteiger partial charge is 0.00145 e. The number of rotatable bonds is 2. The van der Waals surface area contributed by atoms with Crippen molar-refractivity contribution < 1.29 is 0 Å². The quantitative estimate of drug-likeness (QED) is 0.583. The van der Waals surface area contributed by atoms with E-state index in [1.807, 2.05) is 0 Å². The van der Waals surface area contributed by atoms with Crippen molar-refractivity contribution in [2.24, 2.45) is 0 Å². The Hall–Kier alpha value is -1.38. The molecule has 0 N–H and O–H groups in total. The van der Waals surface area contributed by atoms with Crippen molar-refractivity contribution in [2.75, 3.05) is 0 Å². The topological polar surface area (TPSA) is 0 Å². The molecule has 0 radical (unpaired) electrons. The first-order valence-electron chi connectivity index (χ1n) is 5.09. The van der Waals surface area contributed by atoms with Crippen molar-refractivity contribution in [3.8, 4) is 22.3 Å². The summed E-state index contributed by atoms with van der Waals surface area (Å²) < 4.78 is 0. The third-order valence-electron chi connectivity index (χ3n) is 2.59. The van der Waals surface area contributed by atoms with Gasteiger partial charge in [0.05, 0.1) is 0 Å². The molecule has 0 atom stereocenters. The fraction of sp³-hybridized carbons (Fsp3) is 0. The zero-order valence-electron chi connectivity index (χ0n) is 8.59. The van der Waals surface area contributed by atoms with E-state index in [-0.39, 0.29) is 0 Å². The predicted octanol–water partition coefficient (Wildman–Crippen LogP) is 5.14. The molecule has 0 aliphatic rings. The lowest BCUT2D eigenvalue weighted by Gasteiger charge is -2.05. The Balaban J connectivity index is 2.19. The second kappa shape index (κ2) is 4.24. The molecule has 2 heteroatoms. The fourth-order valence-electron chi connectivity index (χ4n) is 1.82. The molecule has 0 nitrogen and oxygen atoms in total. The van der Waals surface area contributed by atoms with Crippen LogP contribution in [0.2, 0.25) is 0 Å². The van der Waals surface area contributed by atoms with Crippen LogP contribution in [0.4, 0.5) is 0 Å². The maximum absolute atomic E-state index is 2.20. The zero-order valence-corrected chi connectivity index (χ0v) is 10.2. The van der Waals surface area contributed by atoms with E-state index in [0.717, 1.165) is 0 Å². The summed E-state index contributed by atoms with van der Waals surface area (Å²) in [6.07, 6.45) is 0. The number of hydrogen-bond donors (Lipinski definition) is 0. The third-order valence-corrected chi connectivity index (χ3v) is 3.96. The van der Waals surface area contributed by atoms with Gasteiger partial charge in [0, 0.05) is 0 Å². The molecule has 0 spiro atoms. The summed E-state index contributed by atoms with van der Waals surface area (Å²) >= 11 is 3.49. The Morgan fingerprint density at radius 2 is 1.12 bits per heavy atom. The summed E-state index contributed by atoms with van der Waals surface area (Å²) in [6, 6.07) is 12.9. The van der Waals surface area contributed by atoms with Crippen molar-refractivity contribution in [1.29, 1.82) is 0 Å². The molecular formula is C14H10S2. The van der Waals surface area contributed by atoms with Crippen LogP contribution in [-0.2, 0) is 0 Å². The monoisotopic (exact) mass is 242 g/mol. The van der Waals surface area contributed by atoms with Crippen LogP contribution in [0.25, 0.3) is 22.3 Å². The molecular weight excluding hydrogens is 232 g/mol. The third kappa shape index (κ3) is 1.70. The molecule has 0 bridgehead atoms. The van der Waals surface area contributed by atoms with Gasteiger partial charge in [0.1, 0.15) is 0 Å². The molecule has 0 aliphatic carbocycles. The summed E-state index contributed by atoms with van der Waals surface area (Å²) in [7, 11) is 0. The average molecular weight is 242 g/mol. The Morgan fingerprint density at radius 1 is 0.625 bits per heavy atom. The fourth-order valence-corrected chi connectivity index (χ4v) is 3.13. The standard InChI is InChI=1S/C14H10S2/c1-2-4-14(12-6-8-16-10-12)13(3-1)11-5-7-15-9-11/h1-10H. The van der Waals surface area contributed by atoms with Gasteiger partial charge in [-0.05, 0) is 55.9 Å². The molecule has 0 fully saturated rings. The maximum atomic E-state index is 2.20. The summed E-state index contributed by atoms with van der Waals surface area (Å²) in [6.45, 7) is 0. The van der Waals surface area contributed by atoms with Gasteiger partial charge in [0.25, 0.3) is 0 Å². The molecule has 3 aromatic rings. The van der Waals surface area contributed by atoms with E-state index in [2.05, 4.69) is 57.9 Å². The molecule has 0 saturated carbocycles. The van der Waals surface area contributed by atoms with Gasteiger partial charge in [0.2, 0.25) is 0 Å². The van der Waals surface area contributed by atoms with Crippen molar-refractivity contribution in [2.45, 2.75) is 0 Å². The Kier molecular flexibility index (Phi) is 2.60. The van der Waals surface area contributed by atoms with Crippen LogP contribution in [0.15, 0.2) is 57.9 Å². The van der Waals surface area contributed by atoms with Crippen LogP contribution < -0.4 is 0 Å². The molecule has 78 valence electrons. The molecule has 3 rings (SSSR count). The van der Waals surface area contributed by atoms with E-state index in [1.165, 1.54) is 22.3 Å². The highest BCUT2D eigenvalue weighted by Gasteiger charge is 2.06. The predicted molar refractivity (Wildman–Crippen MR) is 73.1 cm³/mol. The van der Waals surface area contributed by atoms with Gasteiger partial charge in [0.15, 0.2) is 0 Å². The van der Waals surface area contributed by atoms with Crippen LogP contribution in [0.1, 0.15) is 0 Å². The van der Waals surface area contributed by atoms with Crippen molar-refractivity contribution in [1.82, 2.24) is 0 Å². The highest BCUT2D eigenvalue weighted by atomic mass is 32.1. The van der Waals surface area contributed by atoms with Crippen LogP contribution in [-0.4, -0.2) is 0 Å². The first-order valence-corrected chi connectivity index (χ1v) is 6.98. The number of benzene rings is 1. The Morgan fingerprint density at radius 3 is 1.50 bits per heavy atom. The van der Waals surface area contributed by atoms with Gasteiger partial charge in [-0.1, -0.05) is 24.3 Å². The second-order valence-electron chi connectivity index (χ2n) is 3.57. The molecule has 0 unspecified atom stereocenters. The zero-order chi connectivity index (χ0) is 10.8. The van der Waals surface area contributed by atoms with Gasteiger partial charge in [-0.3, -0.25) is 0 Å². The summed E-state index contributed by atoms with van der Waals surface area (Å²) in [5.74, 6) is 0. The highest BCUT2D eigenvalue weighted by Crippen LogP contribution is 2.33. The van der Waals surface area contributed by atoms with Gasteiger partial charge in [-0.25, -0.2) is 0 Å². The van der Waals surface area contributed by atoms with Gasteiger partial charge >= 0.3 is 0 Å². The summed E-state index contributed by atoms with van der Waals surface area (Å²) in [5.41, 5.74) is 5.27. The SMILES string of the molecule is c1ccc(-c2ccsc2)c(-c2ccsc2)c1. The molecule has 0 amide bonds. The first-order chi connectivity index (χ1) is 7.95. The largest absolute Gasteiger partial charge is 0.152 e. The minimum Gasteiger partial charge on any atom is -0.152 e. The maximum Gasteiger partial charge on any atom is -0.00145 e. The molecule has 16 heavy (non-hydrogen) atoms. The molecule has 1 aromatic carbocycles. The lowest BCUT2D eigenvalue weighted by Crippen LogP contribution is -1.80. The summed E-state index contributed by atoms with van der Waals surface area (Å²) in [5, 5.41) is 8.65. The van der Waals surface area contributed by atoms with Gasteiger partial charge < -0.3 is 0 Å². The normalized spacial score (nSPS) is 10.5. The van der Waals surface area contributed by atoms with Crippen LogP contribution in [0.3, 0.4) is 0 Å². The molecule has 0 saturated heterocycles.